The second kappa shape index (κ2) is 5.88. The minimum absolute atomic E-state index is 0.158. The maximum absolute atomic E-state index is 12.9. The third-order valence-corrected chi connectivity index (χ3v) is 4.21. The Morgan fingerprint density at radius 1 is 1.11 bits per heavy atom. The van der Waals surface area contributed by atoms with Crippen LogP contribution >= 0.6 is 0 Å². The Morgan fingerprint density at radius 3 is 2.47 bits per heavy atom. The van der Waals surface area contributed by atoms with Gasteiger partial charge in [-0.2, -0.15) is 0 Å². The van der Waals surface area contributed by atoms with Crippen molar-refractivity contribution in [2.75, 3.05) is 44.2 Å². The average molecular weight is 263 g/mol. The predicted molar refractivity (Wildman–Crippen MR) is 76.1 cm³/mol. The predicted octanol–water partition coefficient (Wildman–Crippen LogP) is 1.70. The molecule has 0 unspecified atom stereocenters. The maximum Gasteiger partial charge on any atom is 0.123 e. The molecule has 2 heterocycles. The van der Waals surface area contributed by atoms with Gasteiger partial charge in [-0.25, -0.2) is 4.39 Å². The van der Waals surface area contributed by atoms with E-state index < -0.39 is 0 Å². The monoisotopic (exact) mass is 263 g/mol. The molecule has 0 aliphatic carbocycles. The van der Waals surface area contributed by atoms with E-state index in [1.54, 1.807) is 12.1 Å². The summed E-state index contributed by atoms with van der Waals surface area (Å²) in [6.45, 7) is 6.65. The minimum atomic E-state index is -0.158. The average Bonchev–Trinajstić information content (AvgIpc) is 2.94. The molecule has 4 heteroatoms. The Morgan fingerprint density at radius 2 is 1.84 bits per heavy atom. The molecule has 1 aromatic rings. The van der Waals surface area contributed by atoms with Crippen molar-refractivity contribution in [3.8, 4) is 0 Å². The van der Waals surface area contributed by atoms with Gasteiger partial charge in [-0.05, 0) is 43.7 Å². The molecular formula is C15H22FN3. The van der Waals surface area contributed by atoms with Crippen LogP contribution in [0.5, 0.6) is 0 Å². The minimum Gasteiger partial charge on any atom is -0.369 e. The summed E-state index contributed by atoms with van der Waals surface area (Å²) in [7, 11) is 0. The van der Waals surface area contributed by atoms with Crippen LogP contribution in [0.3, 0.4) is 0 Å². The van der Waals surface area contributed by atoms with Crippen LogP contribution in [0.1, 0.15) is 12.8 Å². The smallest absolute Gasteiger partial charge is 0.123 e. The van der Waals surface area contributed by atoms with E-state index in [0.29, 0.717) is 6.04 Å². The summed E-state index contributed by atoms with van der Waals surface area (Å²) >= 11 is 0. The molecule has 3 nitrogen and oxygen atoms in total. The Labute approximate surface area is 114 Å². The summed E-state index contributed by atoms with van der Waals surface area (Å²) in [5.41, 5.74) is 1.14. The summed E-state index contributed by atoms with van der Waals surface area (Å²) in [5, 5.41) is 3.56. The van der Waals surface area contributed by atoms with Gasteiger partial charge in [-0.1, -0.05) is 0 Å². The molecule has 104 valence electrons. The van der Waals surface area contributed by atoms with Gasteiger partial charge < -0.3 is 10.2 Å². The van der Waals surface area contributed by atoms with Crippen LogP contribution in [0, 0.1) is 5.82 Å². The first-order valence-corrected chi connectivity index (χ1v) is 7.27. The Bertz CT molecular complexity index is 392. The van der Waals surface area contributed by atoms with Crippen LogP contribution in [-0.4, -0.2) is 50.2 Å². The summed E-state index contributed by atoms with van der Waals surface area (Å²) in [5.74, 6) is -0.158. The van der Waals surface area contributed by atoms with E-state index in [1.807, 2.05) is 12.1 Å². The second-order valence-electron chi connectivity index (χ2n) is 5.56. The number of halogens is 1. The molecule has 0 saturated carbocycles. The first-order valence-electron chi connectivity index (χ1n) is 7.27. The van der Waals surface area contributed by atoms with E-state index in [0.717, 1.165) is 31.9 Å². The van der Waals surface area contributed by atoms with Crippen molar-refractivity contribution < 1.29 is 4.39 Å². The van der Waals surface area contributed by atoms with E-state index in [4.69, 9.17) is 0 Å². The van der Waals surface area contributed by atoms with Crippen molar-refractivity contribution in [1.29, 1.82) is 0 Å². The van der Waals surface area contributed by atoms with Crippen LogP contribution in [0.25, 0.3) is 0 Å². The number of rotatable bonds is 3. The molecular weight excluding hydrogens is 241 g/mol. The highest BCUT2D eigenvalue weighted by Crippen LogP contribution is 2.17. The summed E-state index contributed by atoms with van der Waals surface area (Å²) < 4.78 is 12.9. The summed E-state index contributed by atoms with van der Waals surface area (Å²) in [6, 6.07) is 7.54. The molecule has 19 heavy (non-hydrogen) atoms. The maximum atomic E-state index is 12.9. The quantitative estimate of drug-likeness (QED) is 0.895. The SMILES string of the molecule is Fc1ccc(N2CCN(C[C@@H]3CCCN3)CC2)cc1. The van der Waals surface area contributed by atoms with Gasteiger partial charge in [-0.3, -0.25) is 4.90 Å². The lowest BCUT2D eigenvalue weighted by Crippen LogP contribution is -2.49. The van der Waals surface area contributed by atoms with Gasteiger partial charge in [0.15, 0.2) is 0 Å². The number of hydrogen-bond acceptors (Lipinski definition) is 3. The van der Waals surface area contributed by atoms with E-state index >= 15 is 0 Å². The fourth-order valence-corrected chi connectivity index (χ4v) is 3.06. The van der Waals surface area contributed by atoms with Crippen molar-refractivity contribution in [1.82, 2.24) is 10.2 Å². The molecule has 3 rings (SSSR count). The van der Waals surface area contributed by atoms with Crippen LogP contribution in [-0.2, 0) is 0 Å². The molecule has 0 radical (unpaired) electrons. The Hall–Kier alpha value is -1.13. The normalized spacial score (nSPS) is 24.9. The fourth-order valence-electron chi connectivity index (χ4n) is 3.06. The van der Waals surface area contributed by atoms with Gasteiger partial charge >= 0.3 is 0 Å². The molecule has 1 N–H and O–H groups in total. The van der Waals surface area contributed by atoms with Crippen LogP contribution in [0.2, 0.25) is 0 Å². The largest absolute Gasteiger partial charge is 0.369 e. The Balaban J connectivity index is 1.50. The lowest BCUT2D eigenvalue weighted by atomic mass is 10.2. The number of hydrogen-bond donors (Lipinski definition) is 1. The first kappa shape index (κ1) is 12.9. The lowest BCUT2D eigenvalue weighted by Gasteiger charge is -2.37. The Kier molecular flexibility index (Phi) is 3.99. The molecule has 2 aliphatic rings. The lowest BCUT2D eigenvalue weighted by molar-refractivity contribution is 0.236. The third kappa shape index (κ3) is 3.25. The molecule has 1 aromatic carbocycles. The fraction of sp³-hybridized carbons (Fsp3) is 0.600. The first-order chi connectivity index (χ1) is 9.31. The number of nitrogens with one attached hydrogen (secondary N) is 1. The van der Waals surface area contributed by atoms with Gasteiger partial charge in [0, 0.05) is 44.5 Å². The molecule has 0 spiro atoms. The van der Waals surface area contributed by atoms with E-state index in [-0.39, 0.29) is 5.82 Å². The van der Waals surface area contributed by atoms with E-state index in [9.17, 15) is 4.39 Å². The number of piperazine rings is 1. The van der Waals surface area contributed by atoms with Crippen molar-refractivity contribution in [3.63, 3.8) is 0 Å². The van der Waals surface area contributed by atoms with Crippen LogP contribution in [0.15, 0.2) is 24.3 Å². The molecule has 2 aliphatic heterocycles. The van der Waals surface area contributed by atoms with Crippen molar-refractivity contribution >= 4 is 5.69 Å². The number of benzene rings is 1. The van der Waals surface area contributed by atoms with Gasteiger partial charge in [0.2, 0.25) is 0 Å². The van der Waals surface area contributed by atoms with Gasteiger partial charge in [-0.15, -0.1) is 0 Å². The van der Waals surface area contributed by atoms with Crippen molar-refractivity contribution in [2.45, 2.75) is 18.9 Å². The van der Waals surface area contributed by atoms with Gasteiger partial charge in [0.1, 0.15) is 5.82 Å². The molecule has 0 aromatic heterocycles. The highest BCUT2D eigenvalue weighted by atomic mass is 19.1. The molecule has 0 bridgehead atoms. The molecule has 0 amide bonds. The van der Waals surface area contributed by atoms with E-state index in [1.165, 1.54) is 25.9 Å². The third-order valence-electron chi connectivity index (χ3n) is 4.21. The standard InChI is InChI=1S/C15H22FN3/c16-13-3-5-15(6-4-13)19-10-8-18(9-11-19)12-14-2-1-7-17-14/h3-6,14,17H,1-2,7-12H2/t14-/m0/s1. The highest BCUT2D eigenvalue weighted by Gasteiger charge is 2.21. The number of nitrogens with zero attached hydrogens (tertiary/aromatic N) is 2. The van der Waals surface area contributed by atoms with Crippen molar-refractivity contribution in [3.05, 3.63) is 30.1 Å². The zero-order chi connectivity index (χ0) is 13.1. The van der Waals surface area contributed by atoms with Gasteiger partial charge in [0.25, 0.3) is 0 Å². The molecule has 2 fully saturated rings. The zero-order valence-electron chi connectivity index (χ0n) is 11.3. The van der Waals surface area contributed by atoms with Crippen LogP contribution in [0.4, 0.5) is 10.1 Å². The van der Waals surface area contributed by atoms with Crippen molar-refractivity contribution in [2.24, 2.45) is 0 Å². The molecule has 2 saturated heterocycles. The number of anilines is 1. The van der Waals surface area contributed by atoms with E-state index in [2.05, 4.69) is 15.1 Å². The van der Waals surface area contributed by atoms with Crippen LogP contribution < -0.4 is 10.2 Å². The summed E-state index contributed by atoms with van der Waals surface area (Å²) in [6.07, 6.45) is 2.64. The highest BCUT2D eigenvalue weighted by molar-refractivity contribution is 5.46. The second-order valence-corrected chi connectivity index (χ2v) is 5.56. The molecule has 1 atom stereocenters. The zero-order valence-corrected chi connectivity index (χ0v) is 11.3. The van der Waals surface area contributed by atoms with Gasteiger partial charge in [0.05, 0.1) is 0 Å². The summed E-state index contributed by atoms with van der Waals surface area (Å²) in [4.78, 5) is 4.89. The topological polar surface area (TPSA) is 18.5 Å².